The maximum Gasteiger partial charge on any atom is 0.234 e. The molecule has 4 rings (SSSR count). The van der Waals surface area contributed by atoms with Crippen molar-refractivity contribution in [3.63, 3.8) is 0 Å². The molecule has 3 fully saturated rings. The van der Waals surface area contributed by atoms with Gasteiger partial charge >= 0.3 is 0 Å². The lowest BCUT2D eigenvalue weighted by molar-refractivity contribution is -0.123. The Kier molecular flexibility index (Phi) is 7.13. The van der Waals surface area contributed by atoms with Crippen LogP contribution in [0.5, 0.6) is 0 Å². The van der Waals surface area contributed by atoms with E-state index in [-0.39, 0.29) is 5.91 Å². The minimum absolute atomic E-state index is 0.0640. The molecule has 0 atom stereocenters. The molecule has 9 heteroatoms. The van der Waals surface area contributed by atoms with E-state index in [9.17, 15) is 4.79 Å². The molecule has 29 heavy (non-hydrogen) atoms. The summed E-state index contributed by atoms with van der Waals surface area (Å²) in [7, 11) is 0. The zero-order chi connectivity index (χ0) is 19.9. The zero-order valence-corrected chi connectivity index (χ0v) is 17.1. The van der Waals surface area contributed by atoms with Crippen molar-refractivity contribution in [3.8, 4) is 0 Å². The van der Waals surface area contributed by atoms with Gasteiger partial charge in [-0.25, -0.2) is 4.98 Å². The highest BCUT2D eigenvalue weighted by atomic mass is 16.5. The zero-order valence-electron chi connectivity index (χ0n) is 17.1. The van der Waals surface area contributed by atoms with Crippen molar-refractivity contribution in [2.75, 3.05) is 88.6 Å². The first-order chi connectivity index (χ1) is 14.3. The number of nitrogens with one attached hydrogen (secondary N) is 1. The summed E-state index contributed by atoms with van der Waals surface area (Å²) in [6.45, 7) is 9.28. The minimum atomic E-state index is 0.0640. The van der Waals surface area contributed by atoms with Crippen LogP contribution in [-0.2, 0) is 20.7 Å². The number of carbonyl (C=O) groups is 1. The number of carbonyl (C=O) groups excluding carboxylic acids is 1. The van der Waals surface area contributed by atoms with Crippen molar-refractivity contribution in [1.29, 1.82) is 0 Å². The Morgan fingerprint density at radius 3 is 2.34 bits per heavy atom. The average molecular weight is 405 g/mol. The number of morpholine rings is 2. The standard InChI is InChI=1S/C20H32N6O3/c27-19(16-24-7-11-28-12-8-24)21-4-3-17-15-18(25-9-13-29-14-10-25)23-20(22-17)26-5-1-2-6-26/h15H,1-14,16H2,(H,21,27). The van der Waals surface area contributed by atoms with Crippen molar-refractivity contribution in [2.24, 2.45) is 0 Å². The second-order valence-corrected chi connectivity index (χ2v) is 7.80. The molecule has 3 aliphatic rings. The Labute approximate surface area is 172 Å². The SMILES string of the molecule is O=C(CN1CCOCC1)NCCc1cc(N2CCOCC2)nc(N2CCCC2)n1. The fraction of sp³-hybridized carbons (Fsp3) is 0.750. The molecule has 0 saturated carbocycles. The fourth-order valence-electron chi connectivity index (χ4n) is 3.96. The van der Waals surface area contributed by atoms with E-state index in [1.165, 1.54) is 12.8 Å². The molecule has 3 aliphatic heterocycles. The highest BCUT2D eigenvalue weighted by Gasteiger charge is 2.20. The van der Waals surface area contributed by atoms with E-state index in [0.717, 1.165) is 69.9 Å². The van der Waals surface area contributed by atoms with Crippen LogP contribution in [0.2, 0.25) is 0 Å². The molecule has 3 saturated heterocycles. The molecule has 9 nitrogen and oxygen atoms in total. The van der Waals surface area contributed by atoms with E-state index < -0.39 is 0 Å². The van der Waals surface area contributed by atoms with Gasteiger partial charge in [0.15, 0.2) is 0 Å². The average Bonchev–Trinajstić information content (AvgIpc) is 3.30. The van der Waals surface area contributed by atoms with Crippen LogP contribution in [0.25, 0.3) is 0 Å². The molecular formula is C20H32N6O3. The van der Waals surface area contributed by atoms with Gasteiger partial charge in [-0.15, -0.1) is 0 Å². The maximum atomic E-state index is 12.2. The minimum Gasteiger partial charge on any atom is -0.379 e. The Hall–Kier alpha value is -1.97. The van der Waals surface area contributed by atoms with Gasteiger partial charge in [-0.2, -0.15) is 4.98 Å². The number of aromatic nitrogens is 2. The first-order valence-electron chi connectivity index (χ1n) is 10.8. The quantitative estimate of drug-likeness (QED) is 0.675. The van der Waals surface area contributed by atoms with Crippen molar-refractivity contribution in [2.45, 2.75) is 19.3 Å². The molecule has 1 N–H and O–H groups in total. The van der Waals surface area contributed by atoms with Gasteiger partial charge in [-0.1, -0.05) is 0 Å². The summed E-state index contributed by atoms with van der Waals surface area (Å²) in [5.41, 5.74) is 0.982. The lowest BCUT2D eigenvalue weighted by Crippen LogP contribution is -2.43. The lowest BCUT2D eigenvalue weighted by atomic mass is 10.2. The summed E-state index contributed by atoms with van der Waals surface area (Å²) < 4.78 is 10.8. The van der Waals surface area contributed by atoms with Crippen molar-refractivity contribution >= 4 is 17.7 Å². The summed E-state index contributed by atoms with van der Waals surface area (Å²) >= 11 is 0. The Balaban J connectivity index is 1.36. The van der Waals surface area contributed by atoms with Gasteiger partial charge in [0, 0.05) is 64.0 Å². The number of hydrogen-bond acceptors (Lipinski definition) is 8. The van der Waals surface area contributed by atoms with Crippen LogP contribution in [0.4, 0.5) is 11.8 Å². The summed E-state index contributed by atoms with van der Waals surface area (Å²) in [4.78, 5) is 28.5. The molecule has 0 spiro atoms. The topological polar surface area (TPSA) is 83.1 Å². The van der Waals surface area contributed by atoms with Crippen molar-refractivity contribution in [1.82, 2.24) is 20.2 Å². The molecule has 0 radical (unpaired) electrons. The third kappa shape index (κ3) is 5.77. The molecule has 160 valence electrons. The van der Waals surface area contributed by atoms with Gasteiger partial charge in [0.1, 0.15) is 5.82 Å². The predicted octanol–water partition coefficient (Wildman–Crippen LogP) is -0.0957. The summed E-state index contributed by atoms with van der Waals surface area (Å²) in [6, 6.07) is 2.07. The second kappa shape index (κ2) is 10.2. The third-order valence-electron chi connectivity index (χ3n) is 5.65. The van der Waals surface area contributed by atoms with Crippen LogP contribution in [-0.4, -0.2) is 99.6 Å². The van der Waals surface area contributed by atoms with Crippen molar-refractivity contribution in [3.05, 3.63) is 11.8 Å². The van der Waals surface area contributed by atoms with Gasteiger partial charge in [0.2, 0.25) is 11.9 Å². The summed E-state index contributed by atoms with van der Waals surface area (Å²) in [5.74, 6) is 1.86. The van der Waals surface area contributed by atoms with Gasteiger partial charge in [-0.3, -0.25) is 9.69 Å². The van der Waals surface area contributed by atoms with Gasteiger partial charge in [-0.05, 0) is 12.8 Å². The molecule has 1 aromatic heterocycles. The molecule has 0 aromatic carbocycles. The van der Waals surface area contributed by atoms with E-state index in [4.69, 9.17) is 19.4 Å². The van der Waals surface area contributed by atoms with Gasteiger partial charge in [0.25, 0.3) is 0 Å². The van der Waals surface area contributed by atoms with E-state index in [1.807, 2.05) is 0 Å². The molecule has 0 aliphatic carbocycles. The monoisotopic (exact) mass is 404 g/mol. The highest BCUT2D eigenvalue weighted by Crippen LogP contribution is 2.22. The molecule has 4 heterocycles. The van der Waals surface area contributed by atoms with Crippen LogP contribution in [0.15, 0.2) is 6.07 Å². The predicted molar refractivity (Wildman–Crippen MR) is 110 cm³/mol. The van der Waals surface area contributed by atoms with E-state index in [2.05, 4.69) is 26.1 Å². The fourth-order valence-corrected chi connectivity index (χ4v) is 3.96. The van der Waals surface area contributed by atoms with E-state index in [0.29, 0.717) is 32.7 Å². The Morgan fingerprint density at radius 2 is 1.62 bits per heavy atom. The van der Waals surface area contributed by atoms with Crippen LogP contribution >= 0.6 is 0 Å². The van der Waals surface area contributed by atoms with Gasteiger partial charge < -0.3 is 24.6 Å². The van der Waals surface area contributed by atoms with Crippen LogP contribution in [0.1, 0.15) is 18.5 Å². The summed E-state index contributed by atoms with van der Waals surface area (Å²) in [6.07, 6.45) is 3.09. The number of ether oxygens (including phenoxy) is 2. The van der Waals surface area contributed by atoms with E-state index in [1.54, 1.807) is 0 Å². The summed E-state index contributed by atoms with van der Waals surface area (Å²) in [5, 5.41) is 3.04. The highest BCUT2D eigenvalue weighted by molar-refractivity contribution is 5.78. The molecule has 1 amide bonds. The normalized spacial score (nSPS) is 20.8. The first kappa shape index (κ1) is 20.3. The van der Waals surface area contributed by atoms with Crippen LogP contribution in [0, 0.1) is 0 Å². The van der Waals surface area contributed by atoms with E-state index >= 15 is 0 Å². The molecule has 1 aromatic rings. The maximum absolute atomic E-state index is 12.2. The number of hydrogen-bond donors (Lipinski definition) is 1. The lowest BCUT2D eigenvalue weighted by Gasteiger charge is -2.29. The number of nitrogens with zero attached hydrogens (tertiary/aromatic N) is 5. The first-order valence-corrected chi connectivity index (χ1v) is 10.8. The van der Waals surface area contributed by atoms with Crippen LogP contribution in [0.3, 0.4) is 0 Å². The van der Waals surface area contributed by atoms with Gasteiger partial charge in [0.05, 0.1) is 33.0 Å². The molecule has 0 unspecified atom stereocenters. The molecular weight excluding hydrogens is 372 g/mol. The van der Waals surface area contributed by atoms with Crippen LogP contribution < -0.4 is 15.1 Å². The number of rotatable bonds is 7. The number of anilines is 2. The van der Waals surface area contributed by atoms with Crippen molar-refractivity contribution < 1.29 is 14.3 Å². The Bertz CT molecular complexity index is 670. The molecule has 0 bridgehead atoms. The second-order valence-electron chi connectivity index (χ2n) is 7.80. The third-order valence-corrected chi connectivity index (χ3v) is 5.65. The Morgan fingerprint density at radius 1 is 0.931 bits per heavy atom. The largest absolute Gasteiger partial charge is 0.379 e. The smallest absolute Gasteiger partial charge is 0.234 e. The number of amides is 1.